The number of amides is 2. The van der Waals surface area contributed by atoms with Crippen LogP contribution in [0.3, 0.4) is 0 Å². The van der Waals surface area contributed by atoms with Crippen LogP contribution in [0.2, 0.25) is 0 Å². The van der Waals surface area contributed by atoms with E-state index in [4.69, 9.17) is 0 Å². The highest BCUT2D eigenvalue weighted by Crippen LogP contribution is 2.25. The Morgan fingerprint density at radius 3 is 2.19 bits per heavy atom. The molecule has 36 heavy (non-hydrogen) atoms. The molecule has 2 amide bonds. The Hall–Kier alpha value is -2.87. The van der Waals surface area contributed by atoms with E-state index in [-0.39, 0.29) is 24.8 Å². The van der Waals surface area contributed by atoms with Gasteiger partial charge in [-0.2, -0.15) is 0 Å². The van der Waals surface area contributed by atoms with Gasteiger partial charge >= 0.3 is 0 Å². The van der Waals surface area contributed by atoms with Gasteiger partial charge in [-0.25, -0.2) is 8.42 Å². The van der Waals surface area contributed by atoms with Crippen LogP contribution in [-0.4, -0.2) is 49.5 Å². The molecule has 1 N–H and O–H groups in total. The quantitative estimate of drug-likeness (QED) is 0.475. The van der Waals surface area contributed by atoms with Crippen molar-refractivity contribution in [3.63, 3.8) is 0 Å². The van der Waals surface area contributed by atoms with Crippen LogP contribution in [0.15, 0.2) is 48.5 Å². The van der Waals surface area contributed by atoms with Crippen LogP contribution >= 0.6 is 0 Å². The van der Waals surface area contributed by atoms with Gasteiger partial charge in [-0.1, -0.05) is 49.4 Å². The molecule has 0 fully saturated rings. The minimum absolute atomic E-state index is 0.128. The highest BCUT2D eigenvalue weighted by molar-refractivity contribution is 7.92. The molecule has 0 aliphatic rings. The molecular formula is C28H41N3O4S. The second-order valence-electron chi connectivity index (χ2n) is 10.3. The Balaban J connectivity index is 2.24. The lowest BCUT2D eigenvalue weighted by atomic mass is 10.0. The average molecular weight is 516 g/mol. The minimum Gasteiger partial charge on any atom is -0.350 e. The van der Waals surface area contributed by atoms with Crippen LogP contribution in [0.5, 0.6) is 0 Å². The third kappa shape index (κ3) is 8.36. The SMILES string of the molecule is CCC(C(=O)NC(C)(C)C)N(Cc1ccccc1)C(=O)CCCN(c1cccc(C)c1C)S(C)(=O)=O. The fourth-order valence-electron chi connectivity index (χ4n) is 4.14. The molecule has 0 saturated carbocycles. The number of hydrogen-bond acceptors (Lipinski definition) is 4. The maximum Gasteiger partial charge on any atom is 0.243 e. The van der Waals surface area contributed by atoms with Crippen LogP contribution in [-0.2, 0) is 26.2 Å². The van der Waals surface area contributed by atoms with Crippen molar-refractivity contribution in [3.8, 4) is 0 Å². The zero-order valence-electron chi connectivity index (χ0n) is 22.7. The summed E-state index contributed by atoms with van der Waals surface area (Å²) in [7, 11) is -3.53. The first-order chi connectivity index (χ1) is 16.7. The molecule has 0 heterocycles. The Morgan fingerprint density at radius 1 is 1.00 bits per heavy atom. The fourth-order valence-corrected chi connectivity index (χ4v) is 5.16. The van der Waals surface area contributed by atoms with Crippen molar-refractivity contribution >= 4 is 27.5 Å². The lowest BCUT2D eigenvalue weighted by molar-refractivity contribution is -0.142. The zero-order chi connectivity index (χ0) is 27.1. The van der Waals surface area contributed by atoms with Crippen molar-refractivity contribution in [1.82, 2.24) is 10.2 Å². The summed E-state index contributed by atoms with van der Waals surface area (Å²) >= 11 is 0. The Kier molecular flexibility index (Phi) is 10.1. The van der Waals surface area contributed by atoms with Gasteiger partial charge in [0.15, 0.2) is 0 Å². The van der Waals surface area contributed by atoms with E-state index in [9.17, 15) is 18.0 Å². The smallest absolute Gasteiger partial charge is 0.243 e. The lowest BCUT2D eigenvalue weighted by Gasteiger charge is -2.33. The van der Waals surface area contributed by atoms with Gasteiger partial charge in [0.1, 0.15) is 6.04 Å². The van der Waals surface area contributed by atoms with E-state index in [1.807, 2.05) is 84.0 Å². The van der Waals surface area contributed by atoms with E-state index in [0.29, 0.717) is 25.1 Å². The summed E-state index contributed by atoms with van der Waals surface area (Å²) in [5.41, 5.74) is 3.03. The standard InChI is InChI=1S/C28H41N3O4S/c1-8-24(27(33)29-28(4,5)6)30(20-23-15-10-9-11-16-23)26(32)18-13-19-31(36(7,34)35)25-17-12-14-21(2)22(25)3/h9-12,14-17,24H,8,13,18-20H2,1-7H3,(H,29,33). The molecule has 0 bridgehead atoms. The van der Waals surface area contributed by atoms with Gasteiger partial charge in [-0.3, -0.25) is 13.9 Å². The normalized spacial score (nSPS) is 12.6. The number of hydrogen-bond donors (Lipinski definition) is 1. The molecule has 2 aromatic carbocycles. The van der Waals surface area contributed by atoms with Crippen LogP contribution < -0.4 is 9.62 Å². The minimum atomic E-state index is -3.53. The van der Waals surface area contributed by atoms with E-state index in [1.54, 1.807) is 11.0 Å². The Bertz CT molecular complexity index is 1140. The molecule has 0 saturated heterocycles. The van der Waals surface area contributed by atoms with Gasteiger partial charge in [-0.15, -0.1) is 0 Å². The summed E-state index contributed by atoms with van der Waals surface area (Å²) in [4.78, 5) is 28.2. The van der Waals surface area contributed by atoms with Gasteiger partial charge in [0, 0.05) is 25.0 Å². The summed E-state index contributed by atoms with van der Waals surface area (Å²) in [6.07, 6.45) is 2.12. The van der Waals surface area contributed by atoms with Crippen molar-refractivity contribution in [1.29, 1.82) is 0 Å². The number of rotatable bonds is 11. The highest BCUT2D eigenvalue weighted by atomic mass is 32.2. The molecule has 2 rings (SSSR count). The van der Waals surface area contributed by atoms with Crippen molar-refractivity contribution in [2.45, 2.75) is 78.9 Å². The average Bonchev–Trinajstić information content (AvgIpc) is 2.77. The first kappa shape index (κ1) is 29.4. The summed E-state index contributed by atoms with van der Waals surface area (Å²) in [6.45, 7) is 12.0. The number of carbonyl (C=O) groups excluding carboxylic acids is 2. The molecule has 8 heteroatoms. The largest absolute Gasteiger partial charge is 0.350 e. The monoisotopic (exact) mass is 515 g/mol. The predicted octanol–water partition coefficient (Wildman–Crippen LogP) is 4.57. The number of anilines is 1. The molecule has 0 spiro atoms. The molecule has 1 unspecified atom stereocenters. The Morgan fingerprint density at radius 2 is 1.64 bits per heavy atom. The van der Waals surface area contributed by atoms with Crippen molar-refractivity contribution < 1.29 is 18.0 Å². The molecule has 0 aliphatic carbocycles. The number of benzene rings is 2. The number of carbonyl (C=O) groups is 2. The van der Waals surface area contributed by atoms with E-state index >= 15 is 0 Å². The predicted molar refractivity (Wildman–Crippen MR) is 146 cm³/mol. The summed E-state index contributed by atoms with van der Waals surface area (Å²) < 4.78 is 26.6. The molecule has 0 radical (unpaired) electrons. The van der Waals surface area contributed by atoms with Crippen LogP contribution in [0, 0.1) is 13.8 Å². The van der Waals surface area contributed by atoms with Crippen LogP contribution in [0.1, 0.15) is 63.6 Å². The van der Waals surface area contributed by atoms with Gasteiger partial charge < -0.3 is 10.2 Å². The number of nitrogens with zero attached hydrogens (tertiary/aromatic N) is 2. The van der Waals surface area contributed by atoms with E-state index < -0.39 is 21.6 Å². The van der Waals surface area contributed by atoms with Gasteiger partial charge in [0.05, 0.1) is 11.9 Å². The van der Waals surface area contributed by atoms with Crippen LogP contribution in [0.25, 0.3) is 0 Å². The van der Waals surface area contributed by atoms with Gasteiger partial charge in [0.2, 0.25) is 21.8 Å². The zero-order valence-corrected chi connectivity index (χ0v) is 23.5. The third-order valence-electron chi connectivity index (χ3n) is 6.08. The lowest BCUT2D eigenvalue weighted by Crippen LogP contribution is -2.53. The van der Waals surface area contributed by atoms with E-state index in [1.165, 1.54) is 10.6 Å². The van der Waals surface area contributed by atoms with E-state index in [0.717, 1.165) is 16.7 Å². The van der Waals surface area contributed by atoms with Crippen molar-refractivity contribution in [2.75, 3.05) is 17.1 Å². The third-order valence-corrected chi connectivity index (χ3v) is 7.26. The molecular weight excluding hydrogens is 474 g/mol. The topological polar surface area (TPSA) is 86.8 Å². The molecule has 0 aliphatic heterocycles. The molecule has 1 atom stereocenters. The second kappa shape index (κ2) is 12.4. The maximum atomic E-state index is 13.5. The molecule has 7 nitrogen and oxygen atoms in total. The van der Waals surface area contributed by atoms with E-state index in [2.05, 4.69) is 5.32 Å². The molecule has 0 aromatic heterocycles. The molecule has 2 aromatic rings. The maximum absolute atomic E-state index is 13.5. The van der Waals surface area contributed by atoms with Crippen molar-refractivity contribution in [3.05, 3.63) is 65.2 Å². The van der Waals surface area contributed by atoms with Crippen molar-refractivity contribution in [2.24, 2.45) is 0 Å². The first-order valence-corrected chi connectivity index (χ1v) is 14.3. The number of nitrogens with one attached hydrogen (secondary N) is 1. The second-order valence-corrected chi connectivity index (χ2v) is 12.2. The summed E-state index contributed by atoms with van der Waals surface area (Å²) in [5, 5.41) is 3.00. The van der Waals surface area contributed by atoms with Crippen LogP contribution in [0.4, 0.5) is 5.69 Å². The number of sulfonamides is 1. The highest BCUT2D eigenvalue weighted by Gasteiger charge is 2.30. The number of aryl methyl sites for hydroxylation is 1. The fraction of sp³-hybridized carbons (Fsp3) is 0.500. The first-order valence-electron chi connectivity index (χ1n) is 12.4. The summed E-state index contributed by atoms with van der Waals surface area (Å²) in [5.74, 6) is -0.369. The summed E-state index contributed by atoms with van der Waals surface area (Å²) in [6, 6.07) is 14.5. The van der Waals surface area contributed by atoms with Gasteiger partial charge in [-0.05, 0) is 70.2 Å². The molecule has 198 valence electrons. The Labute approximate surface area is 216 Å². The van der Waals surface area contributed by atoms with Gasteiger partial charge in [0.25, 0.3) is 0 Å².